The number of nitrogens with one attached hydrogen (secondary N) is 2. The fourth-order valence-electron chi connectivity index (χ4n) is 4.09. The number of unbranched alkanes of at least 4 members (excludes halogenated alkanes) is 12. The highest BCUT2D eigenvalue weighted by Gasteiger charge is 2.13. The van der Waals surface area contributed by atoms with Gasteiger partial charge in [-0.25, -0.2) is 0 Å². The zero-order valence-corrected chi connectivity index (χ0v) is 24.9. The highest BCUT2D eigenvalue weighted by molar-refractivity contribution is 5.80. The number of ether oxygens (including phenoxy) is 3. The molecule has 0 aromatic carbocycles. The van der Waals surface area contributed by atoms with Crippen molar-refractivity contribution < 1.29 is 28.6 Å². The monoisotopic (exact) mass is 569 g/mol. The minimum atomic E-state index is -0.642. The highest BCUT2D eigenvalue weighted by atomic mass is 16.5. The van der Waals surface area contributed by atoms with Gasteiger partial charge in [0.05, 0.1) is 45.7 Å². The molecule has 0 rings (SSSR count). The lowest BCUT2D eigenvalue weighted by atomic mass is 10.0. The van der Waals surface area contributed by atoms with Gasteiger partial charge in [-0.15, -0.1) is 0 Å². The molecule has 0 aliphatic carbocycles. The second-order valence-corrected chi connectivity index (χ2v) is 9.98. The van der Waals surface area contributed by atoms with Crippen LogP contribution in [0.25, 0.3) is 10.4 Å². The summed E-state index contributed by atoms with van der Waals surface area (Å²) < 4.78 is 15.9. The molecule has 0 aliphatic rings. The van der Waals surface area contributed by atoms with Crippen molar-refractivity contribution in [3.8, 4) is 0 Å². The Hall–Kier alpha value is -2.20. The summed E-state index contributed by atoms with van der Waals surface area (Å²) >= 11 is 0. The lowest BCUT2D eigenvalue weighted by Gasteiger charge is -2.13. The summed E-state index contributed by atoms with van der Waals surface area (Å²) in [5.41, 5.74) is 8.14. The summed E-state index contributed by atoms with van der Waals surface area (Å²) in [4.78, 5) is 38.1. The van der Waals surface area contributed by atoms with Crippen molar-refractivity contribution in [2.24, 2.45) is 5.11 Å². The lowest BCUT2D eigenvalue weighted by molar-refractivity contribution is -0.125. The molecule has 0 aromatic rings. The molecule has 0 saturated carbocycles. The molecule has 0 aromatic heterocycles. The molecule has 0 fully saturated rings. The topological polar surface area (TPSA) is 152 Å². The molecule has 1 atom stereocenters. The van der Waals surface area contributed by atoms with E-state index in [1.54, 1.807) is 0 Å². The van der Waals surface area contributed by atoms with Crippen molar-refractivity contribution in [2.45, 2.75) is 116 Å². The molecule has 0 saturated heterocycles. The number of amides is 2. The number of carbonyl (C=O) groups is 3. The van der Waals surface area contributed by atoms with Crippen LogP contribution >= 0.6 is 0 Å². The van der Waals surface area contributed by atoms with Crippen LogP contribution in [0.4, 0.5) is 0 Å². The molecule has 0 radical (unpaired) electrons. The van der Waals surface area contributed by atoms with E-state index in [1.165, 1.54) is 64.2 Å². The number of rotatable bonds is 31. The molecular formula is C29H55N5O6. The lowest BCUT2D eigenvalue weighted by Crippen LogP contribution is -2.37. The van der Waals surface area contributed by atoms with E-state index >= 15 is 0 Å². The Morgan fingerprint density at radius 2 is 1.27 bits per heavy atom. The zero-order valence-electron chi connectivity index (χ0n) is 24.9. The Kier molecular flexibility index (Phi) is 29.6. The van der Waals surface area contributed by atoms with Crippen LogP contribution in [-0.4, -0.2) is 76.9 Å². The van der Waals surface area contributed by atoms with Crippen LogP contribution in [0, 0.1) is 0 Å². The quantitative estimate of drug-likeness (QED) is 0.0374. The Morgan fingerprint density at radius 1 is 0.750 bits per heavy atom. The summed E-state index contributed by atoms with van der Waals surface area (Å²) in [6.45, 7) is 5.27. The van der Waals surface area contributed by atoms with Gasteiger partial charge in [-0.05, 0) is 18.4 Å². The van der Waals surface area contributed by atoms with Gasteiger partial charge in [0, 0.05) is 30.8 Å². The number of nitrogens with zero attached hydrogens (tertiary/aromatic N) is 3. The van der Waals surface area contributed by atoms with Crippen LogP contribution in [0.5, 0.6) is 0 Å². The summed E-state index contributed by atoms with van der Waals surface area (Å²) in [7, 11) is 0. The maximum Gasteiger partial charge on any atom is 0.220 e. The second kappa shape index (κ2) is 31.3. The van der Waals surface area contributed by atoms with E-state index in [4.69, 9.17) is 19.7 Å². The van der Waals surface area contributed by atoms with E-state index in [0.717, 1.165) is 19.3 Å². The van der Waals surface area contributed by atoms with Crippen LogP contribution in [0.1, 0.15) is 110 Å². The van der Waals surface area contributed by atoms with Gasteiger partial charge in [-0.3, -0.25) is 9.59 Å². The van der Waals surface area contributed by atoms with E-state index < -0.39 is 6.04 Å². The van der Waals surface area contributed by atoms with Gasteiger partial charge in [0.25, 0.3) is 0 Å². The Morgan fingerprint density at radius 3 is 1.82 bits per heavy atom. The molecule has 0 aliphatic heterocycles. The third kappa shape index (κ3) is 28.8. The number of azide groups is 1. The fourth-order valence-corrected chi connectivity index (χ4v) is 4.09. The van der Waals surface area contributed by atoms with Gasteiger partial charge in [-0.2, -0.15) is 0 Å². The minimum absolute atomic E-state index is 0.129. The number of hydrogen-bond donors (Lipinski definition) is 2. The largest absolute Gasteiger partial charge is 0.379 e. The highest BCUT2D eigenvalue weighted by Crippen LogP contribution is 2.13. The molecule has 2 N–H and O–H groups in total. The summed E-state index contributed by atoms with van der Waals surface area (Å²) in [5.74, 6) is -0.314. The maximum absolute atomic E-state index is 12.1. The molecule has 0 spiro atoms. The molecule has 11 heteroatoms. The number of hydrogen-bond acceptors (Lipinski definition) is 7. The van der Waals surface area contributed by atoms with Crippen LogP contribution in [0.15, 0.2) is 5.11 Å². The fraction of sp³-hybridized carbons (Fsp3) is 0.897. The molecule has 232 valence electrons. The molecule has 40 heavy (non-hydrogen) atoms. The average Bonchev–Trinajstić information content (AvgIpc) is 2.96. The molecule has 2 amide bonds. The molecule has 0 bridgehead atoms. The van der Waals surface area contributed by atoms with Crippen LogP contribution < -0.4 is 10.6 Å². The van der Waals surface area contributed by atoms with Crippen molar-refractivity contribution in [3.63, 3.8) is 0 Å². The predicted octanol–water partition coefficient (Wildman–Crippen LogP) is 5.41. The first-order valence-corrected chi connectivity index (χ1v) is 15.4. The van der Waals surface area contributed by atoms with Crippen molar-refractivity contribution in [3.05, 3.63) is 10.4 Å². The zero-order chi connectivity index (χ0) is 29.4. The Balaban J connectivity index is 3.55. The van der Waals surface area contributed by atoms with Crippen molar-refractivity contribution >= 4 is 18.1 Å². The van der Waals surface area contributed by atoms with Gasteiger partial charge in [0.1, 0.15) is 6.29 Å². The van der Waals surface area contributed by atoms with Crippen LogP contribution in [-0.2, 0) is 28.6 Å². The maximum atomic E-state index is 12.1. The molecule has 0 heterocycles. The average molecular weight is 570 g/mol. The van der Waals surface area contributed by atoms with Crippen LogP contribution in [0.2, 0.25) is 0 Å². The third-order valence-electron chi connectivity index (χ3n) is 6.41. The van der Waals surface area contributed by atoms with Crippen molar-refractivity contribution in [1.82, 2.24) is 10.6 Å². The third-order valence-corrected chi connectivity index (χ3v) is 6.41. The Bertz CT molecular complexity index is 661. The molecule has 1 unspecified atom stereocenters. The SMILES string of the molecule is CCCCCCCCCCCCCCCC(=O)NC(C=O)CCC(=O)NCCOCCOCCOCCN=[N+]=[N-]. The number of aldehydes is 1. The van der Waals surface area contributed by atoms with Gasteiger partial charge < -0.3 is 29.6 Å². The second-order valence-electron chi connectivity index (χ2n) is 9.98. The van der Waals surface area contributed by atoms with Gasteiger partial charge in [0.15, 0.2) is 0 Å². The van der Waals surface area contributed by atoms with Gasteiger partial charge in [0.2, 0.25) is 11.8 Å². The Labute approximate surface area is 241 Å². The normalized spacial score (nSPS) is 11.5. The first kappa shape index (κ1) is 37.8. The van der Waals surface area contributed by atoms with Gasteiger partial charge in [-0.1, -0.05) is 89.1 Å². The van der Waals surface area contributed by atoms with Crippen LogP contribution in [0.3, 0.4) is 0 Å². The molecule has 11 nitrogen and oxygen atoms in total. The smallest absolute Gasteiger partial charge is 0.220 e. The van der Waals surface area contributed by atoms with E-state index in [9.17, 15) is 14.4 Å². The molecular weight excluding hydrogens is 514 g/mol. The summed E-state index contributed by atoms with van der Waals surface area (Å²) in [5, 5.41) is 8.83. The first-order valence-electron chi connectivity index (χ1n) is 15.4. The predicted molar refractivity (Wildman–Crippen MR) is 157 cm³/mol. The number of carbonyl (C=O) groups excluding carboxylic acids is 3. The minimum Gasteiger partial charge on any atom is -0.379 e. The van der Waals surface area contributed by atoms with E-state index in [-0.39, 0.29) is 24.7 Å². The standard InChI is InChI=1S/C29H55N5O6/c1-2-3-4-5-6-7-8-9-10-11-12-13-14-15-29(37)33-27(26-35)16-17-28(36)31-18-20-38-22-24-40-25-23-39-21-19-32-34-30/h26-27H,2-25H2,1H3,(H,31,36)(H,33,37). The van der Waals surface area contributed by atoms with Crippen molar-refractivity contribution in [2.75, 3.05) is 52.7 Å². The van der Waals surface area contributed by atoms with Crippen molar-refractivity contribution in [1.29, 1.82) is 0 Å². The summed E-state index contributed by atoms with van der Waals surface area (Å²) in [6.07, 6.45) is 17.8. The van der Waals surface area contributed by atoms with E-state index in [0.29, 0.717) is 65.4 Å². The van der Waals surface area contributed by atoms with Gasteiger partial charge >= 0.3 is 0 Å². The van der Waals surface area contributed by atoms with E-state index in [2.05, 4.69) is 27.6 Å². The summed E-state index contributed by atoms with van der Waals surface area (Å²) in [6, 6.07) is -0.642. The van der Waals surface area contributed by atoms with E-state index in [1.807, 2.05) is 0 Å². The first-order chi connectivity index (χ1) is 19.6.